The van der Waals surface area contributed by atoms with Crippen molar-refractivity contribution >= 4 is 0 Å². The van der Waals surface area contributed by atoms with Crippen LogP contribution in [-0.4, -0.2) is 0 Å². The highest BCUT2D eigenvalue weighted by Gasteiger charge is 2.19. The summed E-state index contributed by atoms with van der Waals surface area (Å²) in [6.45, 7) is 4.59. The van der Waals surface area contributed by atoms with E-state index in [-0.39, 0.29) is 0 Å². The predicted molar refractivity (Wildman–Crippen MR) is 101 cm³/mol. The van der Waals surface area contributed by atoms with Crippen LogP contribution in [0.5, 0.6) is 0 Å². The van der Waals surface area contributed by atoms with Crippen LogP contribution >= 0.6 is 0 Å². The summed E-state index contributed by atoms with van der Waals surface area (Å²) >= 11 is 0. The molecular formula is C22H40. The van der Waals surface area contributed by atoms with Gasteiger partial charge in [0.1, 0.15) is 0 Å². The van der Waals surface area contributed by atoms with E-state index in [1.54, 1.807) is 0 Å². The van der Waals surface area contributed by atoms with E-state index >= 15 is 0 Å². The van der Waals surface area contributed by atoms with Gasteiger partial charge in [-0.3, -0.25) is 0 Å². The Kier molecular flexibility index (Phi) is 12.5. The van der Waals surface area contributed by atoms with Crippen molar-refractivity contribution in [1.29, 1.82) is 0 Å². The molecule has 0 bridgehead atoms. The van der Waals surface area contributed by atoms with Crippen LogP contribution in [0.4, 0.5) is 0 Å². The lowest BCUT2D eigenvalue weighted by Crippen LogP contribution is -2.05. The average Bonchev–Trinajstić information content (AvgIpc) is 2.97. The molecule has 0 saturated heterocycles. The summed E-state index contributed by atoms with van der Waals surface area (Å²) in [6, 6.07) is 0. The first kappa shape index (κ1) is 19.5. The normalized spacial score (nSPS) is 21.2. The van der Waals surface area contributed by atoms with Gasteiger partial charge in [0.25, 0.3) is 0 Å². The smallest absolute Gasteiger partial charge is 0.00222 e. The summed E-state index contributed by atoms with van der Waals surface area (Å²) < 4.78 is 0. The van der Waals surface area contributed by atoms with E-state index in [1.165, 1.54) is 89.9 Å². The van der Waals surface area contributed by atoms with E-state index in [2.05, 4.69) is 38.2 Å². The van der Waals surface area contributed by atoms with Gasteiger partial charge in [0.2, 0.25) is 0 Å². The fraction of sp³-hybridized carbons (Fsp3) is 0.818. The number of allylic oxidation sites excluding steroid dienone is 4. The third-order valence-electron chi connectivity index (χ3n) is 5.10. The van der Waals surface area contributed by atoms with Gasteiger partial charge in [-0.25, -0.2) is 0 Å². The van der Waals surface area contributed by atoms with Crippen LogP contribution in [0.2, 0.25) is 0 Å². The molecule has 0 spiro atoms. The Morgan fingerprint density at radius 2 is 1.45 bits per heavy atom. The molecule has 0 nitrogen and oxygen atoms in total. The number of rotatable bonds is 14. The van der Waals surface area contributed by atoms with Crippen molar-refractivity contribution in [2.24, 2.45) is 11.8 Å². The third-order valence-corrected chi connectivity index (χ3v) is 5.10. The second-order valence-electron chi connectivity index (χ2n) is 7.19. The van der Waals surface area contributed by atoms with Gasteiger partial charge in [-0.15, -0.1) is 0 Å². The molecule has 0 fully saturated rings. The van der Waals surface area contributed by atoms with E-state index < -0.39 is 0 Å². The first-order valence-corrected chi connectivity index (χ1v) is 10.2. The molecule has 1 aliphatic carbocycles. The molecule has 1 rings (SSSR count). The van der Waals surface area contributed by atoms with Gasteiger partial charge in [0, 0.05) is 0 Å². The van der Waals surface area contributed by atoms with E-state index in [0.717, 1.165) is 11.8 Å². The highest BCUT2D eigenvalue weighted by molar-refractivity contribution is 5.09. The van der Waals surface area contributed by atoms with Gasteiger partial charge in [-0.05, 0) is 37.5 Å². The van der Waals surface area contributed by atoms with E-state index in [9.17, 15) is 0 Å². The van der Waals surface area contributed by atoms with Gasteiger partial charge in [-0.2, -0.15) is 0 Å². The average molecular weight is 305 g/mol. The maximum atomic E-state index is 2.51. The Balaban J connectivity index is 2.04. The molecule has 0 unspecified atom stereocenters. The second-order valence-corrected chi connectivity index (χ2v) is 7.19. The fourth-order valence-electron chi connectivity index (χ4n) is 3.56. The third kappa shape index (κ3) is 9.49. The summed E-state index contributed by atoms with van der Waals surface area (Å²) in [5.41, 5.74) is 0. The molecule has 0 heteroatoms. The lowest BCUT2D eigenvalue weighted by atomic mass is 9.89. The molecule has 0 aromatic carbocycles. The monoisotopic (exact) mass is 304 g/mol. The van der Waals surface area contributed by atoms with Gasteiger partial charge in [0.05, 0.1) is 0 Å². The van der Waals surface area contributed by atoms with Crippen LogP contribution in [0.3, 0.4) is 0 Å². The lowest BCUT2D eigenvalue weighted by Gasteiger charge is -2.16. The molecule has 0 heterocycles. The van der Waals surface area contributed by atoms with Crippen LogP contribution in [0, 0.1) is 11.8 Å². The molecule has 0 aliphatic heterocycles. The molecule has 0 aromatic rings. The van der Waals surface area contributed by atoms with Crippen molar-refractivity contribution in [3.63, 3.8) is 0 Å². The number of unbranched alkanes of at least 4 members (excludes halogenated alkanes) is 10. The van der Waals surface area contributed by atoms with Crippen molar-refractivity contribution < 1.29 is 0 Å². The summed E-state index contributed by atoms with van der Waals surface area (Å²) in [5.74, 6) is 1.65. The van der Waals surface area contributed by atoms with Crippen molar-refractivity contribution in [2.45, 2.75) is 104 Å². The molecule has 0 radical (unpaired) electrons. The molecule has 0 saturated carbocycles. The Morgan fingerprint density at radius 1 is 0.818 bits per heavy atom. The maximum Gasteiger partial charge on any atom is -0.00222 e. The largest absolute Gasteiger partial charge is 0.0879 e. The van der Waals surface area contributed by atoms with Crippen LogP contribution in [0.15, 0.2) is 24.3 Å². The van der Waals surface area contributed by atoms with Crippen molar-refractivity contribution in [3.05, 3.63) is 24.3 Å². The van der Waals surface area contributed by atoms with Crippen LogP contribution < -0.4 is 0 Å². The van der Waals surface area contributed by atoms with Crippen molar-refractivity contribution in [2.75, 3.05) is 0 Å². The first-order chi connectivity index (χ1) is 10.9. The minimum absolute atomic E-state index is 0.742. The molecule has 2 atom stereocenters. The minimum atomic E-state index is 0.742. The quantitative estimate of drug-likeness (QED) is 0.226. The summed E-state index contributed by atoms with van der Waals surface area (Å²) in [4.78, 5) is 0. The van der Waals surface area contributed by atoms with Gasteiger partial charge < -0.3 is 0 Å². The molecule has 0 amide bonds. The minimum Gasteiger partial charge on any atom is -0.0879 e. The molecule has 128 valence electrons. The standard InChI is InChI=1S/C22H40/c1-3-5-7-9-10-11-13-15-18-22-20-16-19-21(22)17-14-12-8-6-4-2/h15-16,18,20-22H,3-14,17,19H2,1-2H3/b18-15+/t21-,22-/m0/s1. The Bertz CT molecular complexity index is 286. The SMILES string of the molecule is CCCCCCCC/C=C/[C@H]1C=CC[C@@H]1CCCCCCC. The Hall–Kier alpha value is -0.520. The zero-order valence-corrected chi connectivity index (χ0v) is 15.4. The van der Waals surface area contributed by atoms with E-state index in [1.807, 2.05) is 0 Å². The van der Waals surface area contributed by atoms with Crippen LogP contribution in [0.1, 0.15) is 104 Å². The molecule has 1 aliphatic rings. The van der Waals surface area contributed by atoms with Gasteiger partial charge >= 0.3 is 0 Å². The molecule has 22 heavy (non-hydrogen) atoms. The number of hydrogen-bond donors (Lipinski definition) is 0. The second kappa shape index (κ2) is 14.1. The highest BCUT2D eigenvalue weighted by Crippen LogP contribution is 2.31. The maximum absolute atomic E-state index is 2.51. The molecule has 0 N–H and O–H groups in total. The predicted octanol–water partition coefficient (Wildman–Crippen LogP) is 7.85. The summed E-state index contributed by atoms with van der Waals surface area (Å²) in [7, 11) is 0. The summed E-state index contributed by atoms with van der Waals surface area (Å²) in [6.07, 6.45) is 29.4. The lowest BCUT2D eigenvalue weighted by molar-refractivity contribution is 0.422. The molecular weight excluding hydrogens is 264 g/mol. The van der Waals surface area contributed by atoms with Crippen molar-refractivity contribution in [3.8, 4) is 0 Å². The first-order valence-electron chi connectivity index (χ1n) is 10.2. The number of hydrogen-bond acceptors (Lipinski definition) is 0. The van der Waals surface area contributed by atoms with Crippen LogP contribution in [0.25, 0.3) is 0 Å². The van der Waals surface area contributed by atoms with E-state index in [4.69, 9.17) is 0 Å². The topological polar surface area (TPSA) is 0 Å². The van der Waals surface area contributed by atoms with E-state index in [0.29, 0.717) is 0 Å². The summed E-state index contributed by atoms with van der Waals surface area (Å²) in [5, 5.41) is 0. The van der Waals surface area contributed by atoms with Crippen LogP contribution in [-0.2, 0) is 0 Å². The van der Waals surface area contributed by atoms with Crippen molar-refractivity contribution in [1.82, 2.24) is 0 Å². The van der Waals surface area contributed by atoms with Gasteiger partial charge in [0.15, 0.2) is 0 Å². The fourth-order valence-corrected chi connectivity index (χ4v) is 3.56. The Labute approximate surface area is 140 Å². The highest BCUT2D eigenvalue weighted by atomic mass is 14.2. The zero-order valence-electron chi connectivity index (χ0n) is 15.4. The zero-order chi connectivity index (χ0) is 15.9. The molecule has 0 aromatic heterocycles. The van der Waals surface area contributed by atoms with Gasteiger partial charge in [-0.1, -0.05) is 102 Å². The Morgan fingerprint density at radius 3 is 2.18 bits per heavy atom.